The zero-order valence-corrected chi connectivity index (χ0v) is 8.50. The summed E-state index contributed by atoms with van der Waals surface area (Å²) in [5.74, 6) is -1.99. The van der Waals surface area contributed by atoms with Crippen LogP contribution in [0.2, 0.25) is 0 Å². The van der Waals surface area contributed by atoms with Crippen LogP contribution >= 0.6 is 0 Å². The molecule has 0 fully saturated rings. The summed E-state index contributed by atoms with van der Waals surface area (Å²) in [5.41, 5.74) is 3.62. The second-order valence-corrected chi connectivity index (χ2v) is 3.09. The molecule has 15 heavy (non-hydrogen) atoms. The average Bonchev–Trinajstić information content (AvgIpc) is 2.16. The Morgan fingerprint density at radius 3 is 2.80 bits per heavy atom. The van der Waals surface area contributed by atoms with Gasteiger partial charge in [0.2, 0.25) is 0 Å². The predicted octanol–water partition coefficient (Wildman–Crippen LogP) is 1.48. The molecule has 82 valence electrons. The Kier molecular flexibility index (Phi) is 3.76. The zero-order chi connectivity index (χ0) is 11.4. The van der Waals surface area contributed by atoms with Crippen LogP contribution in [0.5, 0.6) is 0 Å². The highest BCUT2D eigenvalue weighted by molar-refractivity contribution is 5.88. The first kappa shape index (κ1) is 11.6. The topological polar surface area (TPSA) is 58.6 Å². The van der Waals surface area contributed by atoms with E-state index in [0.29, 0.717) is 17.7 Å². The van der Waals surface area contributed by atoms with Crippen molar-refractivity contribution >= 4 is 5.97 Å². The highest BCUT2D eigenvalue weighted by Crippen LogP contribution is 2.15. The summed E-state index contributed by atoms with van der Waals surface area (Å²) < 4.78 is 13.2. The van der Waals surface area contributed by atoms with Crippen LogP contribution < -0.4 is 5.48 Å². The van der Waals surface area contributed by atoms with Gasteiger partial charge >= 0.3 is 5.97 Å². The number of carboxylic acid groups (broad SMARTS) is 1. The molecule has 0 aliphatic heterocycles. The molecule has 0 atom stereocenters. The Balaban J connectivity index is 3.06. The highest BCUT2D eigenvalue weighted by atomic mass is 19.1. The summed E-state index contributed by atoms with van der Waals surface area (Å²) in [6, 6.07) is 2.51. The van der Waals surface area contributed by atoms with Gasteiger partial charge in [0.15, 0.2) is 0 Å². The monoisotopic (exact) mass is 213 g/mol. The van der Waals surface area contributed by atoms with Crippen molar-refractivity contribution in [2.24, 2.45) is 0 Å². The summed E-state index contributed by atoms with van der Waals surface area (Å²) in [6.45, 7) is 2.05. The van der Waals surface area contributed by atoms with Crippen molar-refractivity contribution in [2.45, 2.75) is 13.5 Å². The van der Waals surface area contributed by atoms with Crippen molar-refractivity contribution in [2.75, 3.05) is 7.11 Å². The number of hydrogen-bond donors (Lipinski definition) is 2. The van der Waals surface area contributed by atoms with Crippen LogP contribution in [0.25, 0.3) is 0 Å². The van der Waals surface area contributed by atoms with Crippen LogP contribution in [0.4, 0.5) is 4.39 Å². The number of carbonyl (C=O) groups is 1. The summed E-state index contributed by atoms with van der Waals surface area (Å²) in [6.07, 6.45) is 0. The number of carboxylic acids is 1. The summed E-state index contributed by atoms with van der Waals surface area (Å²) >= 11 is 0. The number of halogens is 1. The lowest BCUT2D eigenvalue weighted by Crippen LogP contribution is -2.13. The molecule has 0 aromatic heterocycles. The molecule has 1 rings (SSSR count). The Labute approximate surface area is 86.6 Å². The first-order valence-electron chi connectivity index (χ1n) is 4.34. The summed E-state index contributed by atoms with van der Waals surface area (Å²) in [4.78, 5) is 15.3. The van der Waals surface area contributed by atoms with E-state index in [9.17, 15) is 9.18 Å². The predicted molar refractivity (Wildman–Crippen MR) is 51.9 cm³/mol. The Morgan fingerprint density at radius 2 is 2.27 bits per heavy atom. The third-order valence-corrected chi connectivity index (χ3v) is 2.06. The van der Waals surface area contributed by atoms with Crippen molar-refractivity contribution in [3.05, 3.63) is 34.6 Å². The van der Waals surface area contributed by atoms with Gasteiger partial charge in [0.1, 0.15) is 5.82 Å². The highest BCUT2D eigenvalue weighted by Gasteiger charge is 2.12. The number of aryl methyl sites for hydroxylation is 1. The van der Waals surface area contributed by atoms with Crippen molar-refractivity contribution in [3.8, 4) is 0 Å². The quantitative estimate of drug-likeness (QED) is 0.744. The first-order chi connectivity index (χ1) is 7.06. The van der Waals surface area contributed by atoms with Gasteiger partial charge in [-0.25, -0.2) is 9.18 Å². The lowest BCUT2D eigenvalue weighted by atomic mass is 10.0. The number of rotatable bonds is 4. The minimum absolute atomic E-state index is 0.325. The van der Waals surface area contributed by atoms with E-state index in [1.807, 2.05) is 0 Å². The molecule has 0 aliphatic rings. The van der Waals surface area contributed by atoms with Gasteiger partial charge in [-0.3, -0.25) is 0 Å². The molecule has 0 saturated heterocycles. The maximum Gasteiger partial charge on any atom is 0.338 e. The fourth-order valence-corrected chi connectivity index (χ4v) is 1.22. The lowest BCUT2D eigenvalue weighted by Gasteiger charge is -2.08. The van der Waals surface area contributed by atoms with Crippen LogP contribution in [0.1, 0.15) is 21.5 Å². The average molecular weight is 213 g/mol. The van der Waals surface area contributed by atoms with E-state index >= 15 is 0 Å². The van der Waals surface area contributed by atoms with E-state index in [-0.39, 0.29) is 5.56 Å². The number of aromatic carboxylic acids is 1. The Bertz CT molecular complexity index is 379. The maximum absolute atomic E-state index is 13.2. The first-order valence-corrected chi connectivity index (χ1v) is 4.34. The normalized spacial score (nSPS) is 10.3. The number of hydroxylamine groups is 1. The molecule has 2 N–H and O–H groups in total. The van der Waals surface area contributed by atoms with Crippen molar-refractivity contribution in [3.63, 3.8) is 0 Å². The van der Waals surface area contributed by atoms with Crippen LogP contribution in [-0.4, -0.2) is 18.2 Å². The van der Waals surface area contributed by atoms with E-state index in [0.717, 1.165) is 0 Å². The SMILES string of the molecule is CONCc1cc(C(=O)O)c(F)cc1C. The lowest BCUT2D eigenvalue weighted by molar-refractivity contribution is 0.0690. The molecule has 0 radical (unpaired) electrons. The van der Waals surface area contributed by atoms with Gasteiger partial charge < -0.3 is 9.94 Å². The molecule has 4 nitrogen and oxygen atoms in total. The fraction of sp³-hybridized carbons (Fsp3) is 0.300. The van der Waals surface area contributed by atoms with E-state index in [1.54, 1.807) is 6.92 Å². The van der Waals surface area contributed by atoms with Crippen LogP contribution in [-0.2, 0) is 11.4 Å². The van der Waals surface area contributed by atoms with Crippen LogP contribution in [0.15, 0.2) is 12.1 Å². The standard InChI is InChI=1S/C10H12FNO3/c1-6-3-9(11)8(10(13)14)4-7(6)5-12-15-2/h3-4,12H,5H2,1-2H3,(H,13,14). The van der Waals surface area contributed by atoms with E-state index in [4.69, 9.17) is 5.11 Å². The van der Waals surface area contributed by atoms with E-state index in [1.165, 1.54) is 19.2 Å². The van der Waals surface area contributed by atoms with Gasteiger partial charge in [-0.05, 0) is 30.2 Å². The molecular weight excluding hydrogens is 201 g/mol. The van der Waals surface area contributed by atoms with Gasteiger partial charge in [0.25, 0.3) is 0 Å². The molecule has 0 saturated carbocycles. The molecule has 0 bridgehead atoms. The summed E-state index contributed by atoms with van der Waals surface area (Å²) in [7, 11) is 1.46. The van der Waals surface area contributed by atoms with Crippen LogP contribution in [0, 0.1) is 12.7 Å². The van der Waals surface area contributed by atoms with Gasteiger partial charge in [-0.15, -0.1) is 0 Å². The molecule has 0 unspecified atom stereocenters. The minimum atomic E-state index is -1.27. The number of benzene rings is 1. The third kappa shape index (κ3) is 2.74. The largest absolute Gasteiger partial charge is 0.478 e. The van der Waals surface area contributed by atoms with Gasteiger partial charge in [0.05, 0.1) is 12.7 Å². The summed E-state index contributed by atoms with van der Waals surface area (Å²) in [5, 5.41) is 8.71. The number of nitrogens with one attached hydrogen (secondary N) is 1. The minimum Gasteiger partial charge on any atom is -0.478 e. The molecule has 5 heteroatoms. The van der Waals surface area contributed by atoms with Crippen molar-refractivity contribution in [1.82, 2.24) is 5.48 Å². The fourth-order valence-electron chi connectivity index (χ4n) is 1.22. The van der Waals surface area contributed by atoms with Gasteiger partial charge in [0, 0.05) is 6.54 Å². The molecule has 1 aromatic carbocycles. The second-order valence-electron chi connectivity index (χ2n) is 3.09. The zero-order valence-electron chi connectivity index (χ0n) is 8.50. The molecule has 0 amide bonds. The second kappa shape index (κ2) is 4.86. The maximum atomic E-state index is 13.2. The van der Waals surface area contributed by atoms with Crippen molar-refractivity contribution < 1.29 is 19.1 Å². The van der Waals surface area contributed by atoms with E-state index < -0.39 is 11.8 Å². The molecular formula is C10H12FNO3. The van der Waals surface area contributed by atoms with E-state index in [2.05, 4.69) is 10.3 Å². The molecule has 0 spiro atoms. The van der Waals surface area contributed by atoms with Crippen LogP contribution in [0.3, 0.4) is 0 Å². The smallest absolute Gasteiger partial charge is 0.338 e. The molecule has 1 aromatic rings. The molecule has 0 heterocycles. The molecule has 0 aliphatic carbocycles. The number of hydrogen-bond acceptors (Lipinski definition) is 3. The third-order valence-electron chi connectivity index (χ3n) is 2.06. The van der Waals surface area contributed by atoms with Gasteiger partial charge in [-0.1, -0.05) is 0 Å². The van der Waals surface area contributed by atoms with Crippen molar-refractivity contribution in [1.29, 1.82) is 0 Å². The Hall–Kier alpha value is -1.46. The Morgan fingerprint density at radius 1 is 1.60 bits per heavy atom. The van der Waals surface area contributed by atoms with Gasteiger partial charge in [-0.2, -0.15) is 5.48 Å².